The first kappa shape index (κ1) is 19.6. The molecule has 10 heteroatoms. The smallest absolute Gasteiger partial charge is 0.277 e. The fraction of sp³-hybridized carbons (Fsp3) is 0.263. The quantitative estimate of drug-likeness (QED) is 0.668. The number of hydrogen-bond acceptors (Lipinski definition) is 7. The van der Waals surface area contributed by atoms with Gasteiger partial charge >= 0.3 is 0 Å². The van der Waals surface area contributed by atoms with Gasteiger partial charge in [0.2, 0.25) is 10.0 Å². The molecule has 3 aromatic rings. The summed E-state index contributed by atoms with van der Waals surface area (Å²) in [6.45, 7) is 2.62. The molecule has 150 valence electrons. The predicted octanol–water partition coefficient (Wildman–Crippen LogP) is 2.49. The van der Waals surface area contributed by atoms with Crippen molar-refractivity contribution in [2.45, 2.75) is 31.2 Å². The van der Waals surface area contributed by atoms with Gasteiger partial charge in [-0.3, -0.25) is 15.1 Å². The van der Waals surface area contributed by atoms with Crippen molar-refractivity contribution in [1.82, 2.24) is 19.3 Å². The van der Waals surface area contributed by atoms with Crippen LogP contribution < -0.4 is 5.32 Å². The summed E-state index contributed by atoms with van der Waals surface area (Å²) in [5.41, 5.74) is 2.11. The summed E-state index contributed by atoms with van der Waals surface area (Å²) in [5.74, 6) is -0.398. The average molecular weight is 430 g/mol. The number of aromatic nitrogens is 3. The van der Waals surface area contributed by atoms with Crippen molar-refractivity contribution < 1.29 is 13.2 Å². The molecule has 0 aliphatic carbocycles. The van der Waals surface area contributed by atoms with E-state index in [1.165, 1.54) is 34.2 Å². The van der Waals surface area contributed by atoms with E-state index in [1.54, 1.807) is 12.1 Å². The van der Waals surface area contributed by atoms with Crippen LogP contribution in [0.25, 0.3) is 0 Å². The Kier molecular flexibility index (Phi) is 5.39. The van der Waals surface area contributed by atoms with E-state index in [4.69, 9.17) is 0 Å². The Morgan fingerprint density at radius 2 is 2.03 bits per heavy atom. The third kappa shape index (κ3) is 4.04. The molecule has 1 aliphatic rings. The van der Waals surface area contributed by atoms with Gasteiger partial charge in [-0.05, 0) is 24.1 Å². The summed E-state index contributed by atoms with van der Waals surface area (Å²) >= 11 is 1.28. The van der Waals surface area contributed by atoms with Crippen LogP contribution in [0, 0.1) is 0 Å². The molecule has 0 bridgehead atoms. The number of fused-ring (bicyclic) bond motifs is 1. The van der Waals surface area contributed by atoms with Gasteiger partial charge in [0, 0.05) is 30.2 Å². The van der Waals surface area contributed by atoms with E-state index >= 15 is 0 Å². The van der Waals surface area contributed by atoms with Crippen molar-refractivity contribution in [3.05, 3.63) is 64.7 Å². The maximum Gasteiger partial charge on any atom is 0.277 e. The van der Waals surface area contributed by atoms with Crippen molar-refractivity contribution in [3.8, 4) is 0 Å². The lowest BCUT2D eigenvalue weighted by Crippen LogP contribution is -2.35. The Bertz CT molecular complexity index is 1130. The van der Waals surface area contributed by atoms with Gasteiger partial charge in [0.05, 0.1) is 23.3 Å². The Labute approximate surface area is 172 Å². The first-order valence-electron chi connectivity index (χ1n) is 9.12. The Morgan fingerprint density at radius 1 is 1.24 bits per heavy atom. The van der Waals surface area contributed by atoms with Gasteiger partial charge in [-0.1, -0.05) is 19.1 Å². The van der Waals surface area contributed by atoms with Crippen LogP contribution in [0.5, 0.6) is 0 Å². The molecular formula is C19H19N5O3S2. The molecule has 1 aromatic carbocycles. The summed E-state index contributed by atoms with van der Waals surface area (Å²) in [7, 11) is -3.58. The number of nitrogens with zero attached hydrogens (tertiary/aromatic N) is 4. The van der Waals surface area contributed by atoms with E-state index in [-0.39, 0.29) is 12.2 Å². The standard InChI is InChI=1S/C19H19N5O3S2/c1-2-13-3-5-14(6-4-13)29(26,27)24-10-7-15-17(12-24)28-19(22-15)23-18(25)16-11-20-8-9-21-16/h3-6,8-9,11H,2,7,10,12H2,1H3,(H,22,23,25). The molecule has 0 saturated heterocycles. The van der Waals surface area contributed by atoms with Crippen LogP contribution >= 0.6 is 11.3 Å². The summed E-state index contributed by atoms with van der Waals surface area (Å²) < 4.78 is 27.4. The van der Waals surface area contributed by atoms with Crippen LogP contribution in [0.3, 0.4) is 0 Å². The molecule has 4 rings (SSSR count). The fourth-order valence-electron chi connectivity index (χ4n) is 3.05. The van der Waals surface area contributed by atoms with Gasteiger partial charge in [-0.15, -0.1) is 11.3 Å². The first-order valence-corrected chi connectivity index (χ1v) is 11.4. The molecule has 0 radical (unpaired) electrons. The minimum Gasteiger partial charge on any atom is -0.296 e. The number of nitrogens with one attached hydrogen (secondary N) is 1. The first-order chi connectivity index (χ1) is 14.0. The summed E-state index contributed by atoms with van der Waals surface area (Å²) in [5, 5.41) is 3.14. The van der Waals surface area contributed by atoms with Crippen molar-refractivity contribution in [2.75, 3.05) is 11.9 Å². The lowest BCUT2D eigenvalue weighted by atomic mass is 10.2. The second kappa shape index (κ2) is 7.97. The topological polar surface area (TPSA) is 105 Å². The molecule has 2 aromatic heterocycles. The maximum absolute atomic E-state index is 13.0. The highest BCUT2D eigenvalue weighted by Crippen LogP contribution is 2.31. The summed E-state index contributed by atoms with van der Waals surface area (Å²) in [6, 6.07) is 7.00. The number of benzene rings is 1. The van der Waals surface area contributed by atoms with Crippen LogP contribution in [0.15, 0.2) is 47.8 Å². The fourth-order valence-corrected chi connectivity index (χ4v) is 5.56. The molecule has 1 N–H and O–H groups in total. The highest BCUT2D eigenvalue weighted by atomic mass is 32.2. The highest BCUT2D eigenvalue weighted by molar-refractivity contribution is 7.89. The maximum atomic E-state index is 13.0. The molecule has 0 fully saturated rings. The molecule has 0 saturated carbocycles. The largest absolute Gasteiger partial charge is 0.296 e. The van der Waals surface area contributed by atoms with E-state index in [0.717, 1.165) is 22.6 Å². The zero-order valence-corrected chi connectivity index (χ0v) is 17.3. The number of carbonyl (C=O) groups excluding carboxylic acids is 1. The minimum absolute atomic E-state index is 0.195. The van der Waals surface area contributed by atoms with Gasteiger partial charge < -0.3 is 0 Å². The number of anilines is 1. The number of sulfonamides is 1. The zero-order chi connectivity index (χ0) is 20.4. The van der Waals surface area contributed by atoms with Crippen molar-refractivity contribution in [2.24, 2.45) is 0 Å². The normalized spacial score (nSPS) is 14.4. The van der Waals surface area contributed by atoms with Crippen molar-refractivity contribution in [1.29, 1.82) is 0 Å². The van der Waals surface area contributed by atoms with Crippen LogP contribution in [0.2, 0.25) is 0 Å². The van der Waals surface area contributed by atoms with Gasteiger partial charge in [0.25, 0.3) is 5.91 Å². The van der Waals surface area contributed by atoms with Gasteiger partial charge in [0.1, 0.15) is 5.69 Å². The van der Waals surface area contributed by atoms with Gasteiger partial charge in [0.15, 0.2) is 5.13 Å². The van der Waals surface area contributed by atoms with E-state index in [0.29, 0.717) is 23.0 Å². The monoisotopic (exact) mass is 429 g/mol. The third-order valence-electron chi connectivity index (χ3n) is 4.68. The van der Waals surface area contributed by atoms with Crippen LogP contribution in [0.4, 0.5) is 5.13 Å². The Morgan fingerprint density at radius 3 is 2.72 bits per heavy atom. The van der Waals surface area contributed by atoms with Crippen LogP contribution in [0.1, 0.15) is 33.5 Å². The zero-order valence-electron chi connectivity index (χ0n) is 15.7. The number of carbonyl (C=O) groups is 1. The van der Waals surface area contributed by atoms with Crippen molar-refractivity contribution in [3.63, 3.8) is 0 Å². The number of hydrogen-bond donors (Lipinski definition) is 1. The lowest BCUT2D eigenvalue weighted by molar-refractivity contribution is 0.102. The van der Waals surface area contributed by atoms with E-state index < -0.39 is 15.9 Å². The predicted molar refractivity (Wildman–Crippen MR) is 109 cm³/mol. The molecule has 3 heterocycles. The Balaban J connectivity index is 1.50. The number of amides is 1. The van der Waals surface area contributed by atoms with Crippen LogP contribution in [-0.2, 0) is 29.4 Å². The molecule has 1 aliphatic heterocycles. The van der Waals surface area contributed by atoms with E-state index in [9.17, 15) is 13.2 Å². The van der Waals surface area contributed by atoms with Gasteiger partial charge in [-0.2, -0.15) is 4.31 Å². The molecule has 1 amide bonds. The number of thiazole rings is 1. The van der Waals surface area contributed by atoms with Crippen LogP contribution in [-0.4, -0.2) is 40.1 Å². The highest BCUT2D eigenvalue weighted by Gasteiger charge is 2.30. The second-order valence-corrected chi connectivity index (χ2v) is 9.54. The third-order valence-corrected chi connectivity index (χ3v) is 7.54. The average Bonchev–Trinajstić information content (AvgIpc) is 3.15. The van der Waals surface area contributed by atoms with E-state index in [1.807, 2.05) is 19.1 Å². The molecule has 29 heavy (non-hydrogen) atoms. The lowest BCUT2D eigenvalue weighted by Gasteiger charge is -2.25. The molecule has 0 unspecified atom stereocenters. The van der Waals surface area contributed by atoms with Crippen molar-refractivity contribution >= 4 is 32.4 Å². The Hall–Kier alpha value is -2.69. The molecule has 8 nitrogen and oxygen atoms in total. The molecule has 0 atom stereocenters. The van der Waals surface area contributed by atoms with E-state index in [2.05, 4.69) is 20.3 Å². The number of aryl methyl sites for hydroxylation is 1. The minimum atomic E-state index is -3.58. The van der Waals surface area contributed by atoms with Gasteiger partial charge in [-0.25, -0.2) is 18.4 Å². The number of rotatable bonds is 5. The molecule has 0 spiro atoms. The molecular weight excluding hydrogens is 410 g/mol. The SMILES string of the molecule is CCc1ccc(S(=O)(=O)N2CCc3nc(NC(=O)c4cnccn4)sc3C2)cc1. The summed E-state index contributed by atoms with van der Waals surface area (Å²) in [6.07, 6.45) is 5.67. The summed E-state index contributed by atoms with van der Waals surface area (Å²) in [4.78, 5) is 25.6. The second-order valence-electron chi connectivity index (χ2n) is 6.52.